The quantitative estimate of drug-likeness (QED) is 0.716. The summed E-state index contributed by atoms with van der Waals surface area (Å²) in [5.74, 6) is 0.472. The van der Waals surface area contributed by atoms with Gasteiger partial charge in [-0.25, -0.2) is 0 Å². The van der Waals surface area contributed by atoms with Gasteiger partial charge in [0.25, 0.3) is 0 Å². The van der Waals surface area contributed by atoms with Crippen LogP contribution in [0.25, 0.3) is 0 Å². The second-order valence-corrected chi connectivity index (χ2v) is 8.56. The first-order chi connectivity index (χ1) is 14.6. The smallest absolute Gasteiger partial charge is 0.225 e. The van der Waals surface area contributed by atoms with E-state index in [1.807, 2.05) is 24.3 Å². The molecule has 2 aliphatic heterocycles. The van der Waals surface area contributed by atoms with Crippen molar-refractivity contribution in [3.63, 3.8) is 0 Å². The summed E-state index contributed by atoms with van der Waals surface area (Å²) in [5.41, 5.74) is 4.48. The molecular formula is C25H31N3O2. The largest absolute Gasteiger partial charge is 0.371 e. The molecule has 0 bridgehead atoms. The van der Waals surface area contributed by atoms with Crippen LogP contribution in [-0.4, -0.2) is 61.3 Å². The number of benzene rings is 2. The summed E-state index contributed by atoms with van der Waals surface area (Å²) in [6, 6.07) is 16.4. The van der Waals surface area contributed by atoms with Crippen molar-refractivity contribution in [1.82, 2.24) is 9.80 Å². The highest BCUT2D eigenvalue weighted by molar-refractivity contribution is 5.79. The highest BCUT2D eigenvalue weighted by Gasteiger charge is 2.30. The molecule has 5 heteroatoms. The molecule has 0 radical (unpaired) electrons. The summed E-state index contributed by atoms with van der Waals surface area (Å²) < 4.78 is 0. The van der Waals surface area contributed by atoms with Gasteiger partial charge in [-0.2, -0.15) is 0 Å². The molecule has 5 nitrogen and oxygen atoms in total. The van der Waals surface area contributed by atoms with Crippen LogP contribution in [0.1, 0.15) is 34.3 Å². The topological polar surface area (TPSA) is 43.9 Å². The Morgan fingerprint density at radius 1 is 0.967 bits per heavy atom. The molecule has 2 aromatic carbocycles. The van der Waals surface area contributed by atoms with Crippen LogP contribution in [0, 0.1) is 12.8 Å². The highest BCUT2D eigenvalue weighted by atomic mass is 16.2. The van der Waals surface area contributed by atoms with Crippen molar-refractivity contribution < 1.29 is 9.59 Å². The third-order valence-electron chi connectivity index (χ3n) is 6.41. The van der Waals surface area contributed by atoms with Gasteiger partial charge in [0.05, 0.1) is 0 Å². The Bertz CT molecular complexity index is 864. The molecule has 1 amide bonds. The molecule has 0 spiro atoms. The number of anilines is 1. The van der Waals surface area contributed by atoms with Crippen molar-refractivity contribution in [3.8, 4) is 0 Å². The molecule has 2 fully saturated rings. The predicted octanol–water partition coefficient (Wildman–Crippen LogP) is 3.37. The van der Waals surface area contributed by atoms with Crippen molar-refractivity contribution in [2.75, 3.05) is 44.2 Å². The normalized spacial score (nSPS) is 18.4. The van der Waals surface area contributed by atoms with Gasteiger partial charge in [-0.3, -0.25) is 14.5 Å². The fourth-order valence-corrected chi connectivity index (χ4v) is 4.60. The molecular weight excluding hydrogens is 374 g/mol. The van der Waals surface area contributed by atoms with E-state index in [0.717, 1.165) is 70.6 Å². The molecule has 30 heavy (non-hydrogen) atoms. The Balaban J connectivity index is 1.24. The zero-order valence-corrected chi connectivity index (χ0v) is 17.8. The average molecular weight is 406 g/mol. The van der Waals surface area contributed by atoms with Gasteiger partial charge in [-0.1, -0.05) is 29.8 Å². The molecule has 0 aromatic heterocycles. The van der Waals surface area contributed by atoms with E-state index in [4.69, 9.17) is 0 Å². The van der Waals surface area contributed by atoms with Gasteiger partial charge in [0.2, 0.25) is 5.91 Å². The predicted molar refractivity (Wildman–Crippen MR) is 120 cm³/mol. The lowest BCUT2D eigenvalue weighted by Gasteiger charge is -2.39. The first-order valence-electron chi connectivity index (χ1n) is 11.0. The fraction of sp³-hybridized carbons (Fsp3) is 0.440. The molecule has 0 aliphatic carbocycles. The summed E-state index contributed by atoms with van der Waals surface area (Å²) in [5, 5.41) is 0. The van der Waals surface area contributed by atoms with E-state index in [2.05, 4.69) is 45.9 Å². The summed E-state index contributed by atoms with van der Waals surface area (Å²) >= 11 is 0. The van der Waals surface area contributed by atoms with Crippen LogP contribution in [0.4, 0.5) is 5.69 Å². The number of carbonyl (C=O) groups excluding carboxylic acids is 2. The molecule has 0 atom stereocenters. The van der Waals surface area contributed by atoms with Gasteiger partial charge in [-0.05, 0) is 49.6 Å². The molecule has 2 aromatic rings. The molecule has 2 aliphatic rings. The van der Waals surface area contributed by atoms with Gasteiger partial charge in [-0.15, -0.1) is 0 Å². The Hall–Kier alpha value is -2.66. The van der Waals surface area contributed by atoms with E-state index < -0.39 is 0 Å². The number of hydrogen-bond acceptors (Lipinski definition) is 4. The second kappa shape index (κ2) is 9.43. The second-order valence-electron chi connectivity index (χ2n) is 8.56. The van der Waals surface area contributed by atoms with Gasteiger partial charge >= 0.3 is 0 Å². The fourth-order valence-electron chi connectivity index (χ4n) is 4.60. The van der Waals surface area contributed by atoms with Crippen molar-refractivity contribution in [1.29, 1.82) is 0 Å². The van der Waals surface area contributed by atoms with Crippen LogP contribution < -0.4 is 4.90 Å². The van der Waals surface area contributed by atoms with Crippen molar-refractivity contribution in [2.24, 2.45) is 5.92 Å². The zero-order chi connectivity index (χ0) is 20.9. The first kappa shape index (κ1) is 20.6. The number of piperidine rings is 1. The van der Waals surface area contributed by atoms with E-state index in [9.17, 15) is 9.59 Å². The lowest BCUT2D eigenvalue weighted by Crippen LogP contribution is -2.51. The van der Waals surface area contributed by atoms with E-state index >= 15 is 0 Å². The third kappa shape index (κ3) is 4.90. The van der Waals surface area contributed by atoms with Crippen LogP contribution in [-0.2, 0) is 11.3 Å². The van der Waals surface area contributed by atoms with E-state index in [-0.39, 0.29) is 5.92 Å². The highest BCUT2D eigenvalue weighted by Crippen LogP contribution is 2.25. The Labute approximate surface area is 179 Å². The number of carbonyl (C=O) groups is 2. The summed E-state index contributed by atoms with van der Waals surface area (Å²) in [6.45, 7) is 8.43. The van der Waals surface area contributed by atoms with Crippen LogP contribution >= 0.6 is 0 Å². The number of piperazine rings is 1. The monoisotopic (exact) mass is 405 g/mol. The Morgan fingerprint density at radius 2 is 1.67 bits per heavy atom. The Morgan fingerprint density at radius 3 is 2.30 bits per heavy atom. The number of nitrogens with zero attached hydrogens (tertiary/aromatic N) is 3. The number of hydrogen-bond donors (Lipinski definition) is 0. The molecule has 2 saturated heterocycles. The lowest BCUT2D eigenvalue weighted by molar-refractivity contribution is -0.138. The maximum atomic E-state index is 13.0. The summed E-state index contributed by atoms with van der Waals surface area (Å²) in [4.78, 5) is 30.7. The Kier molecular flexibility index (Phi) is 6.48. The van der Waals surface area contributed by atoms with E-state index in [1.54, 1.807) is 0 Å². The van der Waals surface area contributed by atoms with Gasteiger partial charge in [0, 0.05) is 63.0 Å². The average Bonchev–Trinajstić information content (AvgIpc) is 2.79. The van der Waals surface area contributed by atoms with Crippen molar-refractivity contribution >= 4 is 17.9 Å². The van der Waals surface area contributed by atoms with Crippen LogP contribution in [0.5, 0.6) is 0 Å². The molecule has 158 valence electrons. The zero-order valence-electron chi connectivity index (χ0n) is 17.8. The van der Waals surface area contributed by atoms with Crippen LogP contribution in [0.2, 0.25) is 0 Å². The molecule has 0 unspecified atom stereocenters. The van der Waals surface area contributed by atoms with Crippen molar-refractivity contribution in [3.05, 3.63) is 65.2 Å². The number of rotatable bonds is 5. The summed E-state index contributed by atoms with van der Waals surface area (Å²) in [7, 11) is 0. The minimum absolute atomic E-state index is 0.138. The summed E-state index contributed by atoms with van der Waals surface area (Å²) in [6.07, 6.45) is 2.67. The standard InChI is InChI=1S/C25H31N3O2/c1-20-3-2-4-22(17-20)18-26-13-15-28(16-14-26)25(30)23-9-11-27(12-10-23)24-7-5-21(19-29)6-8-24/h2-8,17,19,23H,9-16,18H2,1H3. The molecule has 0 saturated carbocycles. The van der Waals surface area contributed by atoms with Crippen molar-refractivity contribution in [2.45, 2.75) is 26.3 Å². The van der Waals surface area contributed by atoms with Gasteiger partial charge in [0.1, 0.15) is 6.29 Å². The number of aldehydes is 1. The van der Waals surface area contributed by atoms with Crippen LogP contribution in [0.15, 0.2) is 48.5 Å². The molecule has 0 N–H and O–H groups in total. The lowest BCUT2D eigenvalue weighted by atomic mass is 9.94. The van der Waals surface area contributed by atoms with Crippen LogP contribution in [0.3, 0.4) is 0 Å². The number of aryl methyl sites for hydroxylation is 1. The minimum Gasteiger partial charge on any atom is -0.371 e. The maximum absolute atomic E-state index is 13.0. The maximum Gasteiger partial charge on any atom is 0.225 e. The first-order valence-corrected chi connectivity index (χ1v) is 11.0. The minimum atomic E-state index is 0.138. The SMILES string of the molecule is Cc1cccc(CN2CCN(C(=O)C3CCN(c4ccc(C=O)cc4)CC3)CC2)c1. The van der Waals surface area contributed by atoms with Gasteiger partial charge in [0.15, 0.2) is 0 Å². The van der Waals surface area contributed by atoms with Gasteiger partial charge < -0.3 is 9.80 Å². The molecule has 2 heterocycles. The number of amides is 1. The third-order valence-corrected chi connectivity index (χ3v) is 6.41. The molecule has 4 rings (SSSR count). The van der Waals surface area contributed by atoms with E-state index in [1.165, 1.54) is 11.1 Å². The van der Waals surface area contributed by atoms with E-state index in [0.29, 0.717) is 11.5 Å².